The summed E-state index contributed by atoms with van der Waals surface area (Å²) < 4.78 is 0. The molecule has 0 bridgehead atoms. The number of ketones is 1. The number of nitrogens with zero attached hydrogens (tertiary/aromatic N) is 2. The molecule has 0 aromatic carbocycles. The fourth-order valence-corrected chi connectivity index (χ4v) is 4.08. The second-order valence-electron chi connectivity index (χ2n) is 5.42. The van der Waals surface area contributed by atoms with Gasteiger partial charge in [0.05, 0.1) is 9.75 Å². The normalized spacial score (nSPS) is 16.0. The predicted octanol–water partition coefficient (Wildman–Crippen LogP) is 2.97. The van der Waals surface area contributed by atoms with E-state index in [0.717, 1.165) is 32.7 Å². The zero-order valence-corrected chi connectivity index (χ0v) is 14.1. The number of rotatable bonds is 4. The quantitative estimate of drug-likeness (QED) is 0.807. The molecular formula is C16H18N2O2S2. The lowest BCUT2D eigenvalue weighted by Crippen LogP contribution is -2.48. The fourth-order valence-electron chi connectivity index (χ4n) is 2.55. The van der Waals surface area contributed by atoms with E-state index in [-0.39, 0.29) is 11.7 Å². The molecule has 116 valence electrons. The van der Waals surface area contributed by atoms with Crippen molar-refractivity contribution in [2.75, 3.05) is 26.2 Å². The van der Waals surface area contributed by atoms with Crippen molar-refractivity contribution in [1.82, 2.24) is 9.80 Å². The molecule has 1 aliphatic rings. The molecule has 2 aromatic rings. The van der Waals surface area contributed by atoms with Crippen LogP contribution in [0, 0.1) is 0 Å². The summed E-state index contributed by atoms with van der Waals surface area (Å²) in [6.45, 7) is 5.77. The minimum Gasteiger partial charge on any atom is -0.335 e. The Bertz CT molecular complexity index is 656. The summed E-state index contributed by atoms with van der Waals surface area (Å²) in [5.74, 6) is 0.0670. The summed E-state index contributed by atoms with van der Waals surface area (Å²) >= 11 is 3.01. The Morgan fingerprint density at radius 3 is 2.41 bits per heavy atom. The second kappa shape index (κ2) is 6.73. The molecular weight excluding hydrogens is 316 g/mol. The molecule has 1 aliphatic heterocycles. The lowest BCUT2D eigenvalue weighted by Gasteiger charge is -2.34. The molecule has 0 unspecified atom stereocenters. The minimum atomic E-state index is 0.0182. The largest absolute Gasteiger partial charge is 0.335 e. The van der Waals surface area contributed by atoms with E-state index in [2.05, 4.69) is 21.7 Å². The minimum absolute atomic E-state index is 0.0182. The molecule has 2 aromatic heterocycles. The van der Waals surface area contributed by atoms with Crippen molar-refractivity contribution in [3.8, 4) is 0 Å². The van der Waals surface area contributed by atoms with Gasteiger partial charge in [0.25, 0.3) is 5.91 Å². The van der Waals surface area contributed by atoms with Crippen LogP contribution in [0.2, 0.25) is 0 Å². The van der Waals surface area contributed by atoms with Crippen molar-refractivity contribution in [3.05, 3.63) is 44.3 Å². The van der Waals surface area contributed by atoms with E-state index in [1.165, 1.54) is 23.8 Å². The number of amides is 1. The van der Waals surface area contributed by atoms with Gasteiger partial charge >= 0.3 is 0 Å². The van der Waals surface area contributed by atoms with Gasteiger partial charge in [0.15, 0.2) is 5.78 Å². The Kier molecular flexibility index (Phi) is 4.71. The number of carbonyl (C=O) groups is 2. The first kappa shape index (κ1) is 15.4. The van der Waals surface area contributed by atoms with Gasteiger partial charge in [0.2, 0.25) is 0 Å². The van der Waals surface area contributed by atoms with E-state index in [1.54, 1.807) is 23.5 Å². The van der Waals surface area contributed by atoms with Crippen molar-refractivity contribution < 1.29 is 9.59 Å². The molecule has 0 aliphatic carbocycles. The zero-order valence-electron chi connectivity index (χ0n) is 12.4. The van der Waals surface area contributed by atoms with Gasteiger partial charge in [-0.05, 0) is 41.4 Å². The van der Waals surface area contributed by atoms with E-state index in [9.17, 15) is 9.59 Å². The molecule has 3 heterocycles. The molecule has 3 rings (SSSR count). The van der Waals surface area contributed by atoms with Gasteiger partial charge < -0.3 is 4.90 Å². The Morgan fingerprint density at radius 2 is 1.82 bits per heavy atom. The number of Topliss-reactive ketones (excluding diaryl/α,β-unsaturated/α-hetero) is 1. The van der Waals surface area contributed by atoms with E-state index in [1.807, 2.05) is 4.90 Å². The van der Waals surface area contributed by atoms with Gasteiger partial charge in [-0.3, -0.25) is 14.5 Å². The molecule has 0 spiro atoms. The summed E-state index contributed by atoms with van der Waals surface area (Å²) in [5, 5.41) is 4.27. The number of piperazine rings is 1. The first-order valence-corrected chi connectivity index (χ1v) is 9.03. The van der Waals surface area contributed by atoms with E-state index >= 15 is 0 Å². The number of carbonyl (C=O) groups excluding carboxylic acids is 2. The van der Waals surface area contributed by atoms with Crippen LogP contribution < -0.4 is 0 Å². The molecule has 0 N–H and O–H groups in total. The van der Waals surface area contributed by atoms with Crippen molar-refractivity contribution in [2.45, 2.75) is 13.5 Å². The average molecular weight is 334 g/mol. The van der Waals surface area contributed by atoms with Crippen LogP contribution in [-0.4, -0.2) is 47.7 Å². The molecule has 6 heteroatoms. The van der Waals surface area contributed by atoms with E-state index < -0.39 is 0 Å². The van der Waals surface area contributed by atoms with E-state index in [0.29, 0.717) is 9.75 Å². The maximum absolute atomic E-state index is 12.5. The van der Waals surface area contributed by atoms with Crippen LogP contribution in [0.15, 0.2) is 29.0 Å². The van der Waals surface area contributed by atoms with Crippen LogP contribution in [-0.2, 0) is 6.54 Å². The summed E-state index contributed by atoms with van der Waals surface area (Å²) in [5.41, 5.74) is 1.34. The highest BCUT2D eigenvalue weighted by Crippen LogP contribution is 2.20. The molecule has 0 saturated carbocycles. The Balaban J connectivity index is 1.56. The maximum Gasteiger partial charge on any atom is 0.264 e. The summed E-state index contributed by atoms with van der Waals surface area (Å²) in [6.07, 6.45) is 0. The third-order valence-electron chi connectivity index (χ3n) is 3.81. The van der Waals surface area contributed by atoms with Gasteiger partial charge in [-0.2, -0.15) is 11.3 Å². The van der Waals surface area contributed by atoms with Gasteiger partial charge in [-0.15, -0.1) is 11.3 Å². The topological polar surface area (TPSA) is 40.6 Å². The van der Waals surface area contributed by atoms with E-state index in [4.69, 9.17) is 0 Å². The SMILES string of the molecule is CC(=O)c1ccc(C(=O)N2CCN(Cc3ccsc3)CC2)s1. The van der Waals surface area contributed by atoms with Crippen LogP contribution >= 0.6 is 22.7 Å². The molecule has 0 atom stereocenters. The Morgan fingerprint density at radius 1 is 1.09 bits per heavy atom. The van der Waals surface area contributed by atoms with Crippen LogP contribution in [0.5, 0.6) is 0 Å². The molecule has 1 saturated heterocycles. The lowest BCUT2D eigenvalue weighted by molar-refractivity contribution is 0.0633. The highest BCUT2D eigenvalue weighted by atomic mass is 32.1. The summed E-state index contributed by atoms with van der Waals surface area (Å²) in [7, 11) is 0. The fraction of sp³-hybridized carbons (Fsp3) is 0.375. The van der Waals surface area contributed by atoms with Crippen LogP contribution in [0.3, 0.4) is 0 Å². The van der Waals surface area contributed by atoms with Gasteiger partial charge in [0, 0.05) is 32.7 Å². The van der Waals surface area contributed by atoms with Crippen LogP contribution in [0.1, 0.15) is 31.8 Å². The second-order valence-corrected chi connectivity index (χ2v) is 7.28. The number of hydrogen-bond donors (Lipinski definition) is 0. The molecule has 0 radical (unpaired) electrons. The molecule has 1 fully saturated rings. The van der Waals surface area contributed by atoms with Crippen molar-refractivity contribution in [1.29, 1.82) is 0 Å². The van der Waals surface area contributed by atoms with Gasteiger partial charge in [-0.25, -0.2) is 0 Å². The third kappa shape index (κ3) is 3.45. The van der Waals surface area contributed by atoms with Gasteiger partial charge in [-0.1, -0.05) is 0 Å². The summed E-state index contributed by atoms with van der Waals surface area (Å²) in [4.78, 5) is 29.4. The average Bonchev–Trinajstić information content (AvgIpc) is 3.18. The zero-order chi connectivity index (χ0) is 15.5. The lowest BCUT2D eigenvalue weighted by atomic mass is 10.2. The van der Waals surface area contributed by atoms with Crippen molar-refractivity contribution in [3.63, 3.8) is 0 Å². The van der Waals surface area contributed by atoms with Crippen LogP contribution in [0.4, 0.5) is 0 Å². The standard InChI is InChI=1S/C16H18N2O2S2/c1-12(19)14-2-3-15(22-14)16(20)18-7-5-17(6-8-18)10-13-4-9-21-11-13/h2-4,9,11H,5-8,10H2,1H3. The first-order chi connectivity index (χ1) is 10.6. The Hall–Kier alpha value is -1.50. The Labute approximate surface area is 138 Å². The molecule has 22 heavy (non-hydrogen) atoms. The smallest absolute Gasteiger partial charge is 0.264 e. The molecule has 4 nitrogen and oxygen atoms in total. The van der Waals surface area contributed by atoms with Crippen molar-refractivity contribution >= 4 is 34.4 Å². The monoisotopic (exact) mass is 334 g/mol. The highest BCUT2D eigenvalue weighted by molar-refractivity contribution is 7.15. The third-order valence-corrected chi connectivity index (χ3v) is 5.72. The van der Waals surface area contributed by atoms with Crippen molar-refractivity contribution in [2.24, 2.45) is 0 Å². The highest BCUT2D eigenvalue weighted by Gasteiger charge is 2.23. The number of hydrogen-bond acceptors (Lipinski definition) is 5. The van der Waals surface area contributed by atoms with Gasteiger partial charge in [0.1, 0.15) is 0 Å². The summed E-state index contributed by atoms with van der Waals surface area (Å²) in [6, 6.07) is 5.66. The molecule has 1 amide bonds. The first-order valence-electron chi connectivity index (χ1n) is 7.27. The van der Waals surface area contributed by atoms with Crippen LogP contribution in [0.25, 0.3) is 0 Å². The number of thiophene rings is 2. The maximum atomic E-state index is 12.5. The predicted molar refractivity (Wildman–Crippen MR) is 89.8 cm³/mol.